The van der Waals surface area contributed by atoms with Crippen molar-refractivity contribution in [2.75, 3.05) is 20.2 Å². The number of esters is 1. The normalized spacial score (nSPS) is 24.6. The monoisotopic (exact) mass is 468 g/mol. The smallest absolute Gasteiger partial charge is 0.323 e. The van der Waals surface area contributed by atoms with Gasteiger partial charge < -0.3 is 29.9 Å². The summed E-state index contributed by atoms with van der Waals surface area (Å²) in [6.45, 7) is 0.883. The Labute approximate surface area is 196 Å². The number of nitrogens with zero attached hydrogens (tertiary/aromatic N) is 2. The van der Waals surface area contributed by atoms with Crippen LogP contribution in [0.25, 0.3) is 10.9 Å². The summed E-state index contributed by atoms with van der Waals surface area (Å²) in [5, 5.41) is 13.2. The Morgan fingerprint density at radius 3 is 2.79 bits per heavy atom. The average Bonchev–Trinajstić information content (AvgIpc) is 3.46. The van der Waals surface area contributed by atoms with Crippen LogP contribution in [0.3, 0.4) is 0 Å². The number of carbonyl (C=O) groups excluding carboxylic acids is 3. The first-order valence-corrected chi connectivity index (χ1v) is 11.7. The molecule has 0 saturated carbocycles. The number of benzene rings is 1. The lowest BCUT2D eigenvalue weighted by molar-refractivity contribution is -0.163. The maximum absolute atomic E-state index is 13.6. The van der Waals surface area contributed by atoms with Gasteiger partial charge in [-0.15, -0.1) is 0 Å². The topological polar surface area (TPSA) is 132 Å². The van der Waals surface area contributed by atoms with E-state index in [2.05, 4.69) is 10.3 Å². The Morgan fingerprint density at radius 1 is 1.24 bits per heavy atom. The van der Waals surface area contributed by atoms with Crippen LogP contribution in [-0.4, -0.2) is 82.0 Å². The molecule has 2 aromatic rings. The third-order valence-electron chi connectivity index (χ3n) is 7.28. The summed E-state index contributed by atoms with van der Waals surface area (Å²) >= 11 is 0. The highest BCUT2D eigenvalue weighted by molar-refractivity contribution is 5.99. The minimum atomic E-state index is -1.11. The van der Waals surface area contributed by atoms with Gasteiger partial charge in [-0.2, -0.15) is 0 Å². The van der Waals surface area contributed by atoms with Crippen molar-refractivity contribution in [2.45, 2.75) is 56.3 Å². The highest BCUT2D eigenvalue weighted by Gasteiger charge is 2.52. The van der Waals surface area contributed by atoms with Gasteiger partial charge in [0.15, 0.2) is 0 Å². The molecule has 180 valence electrons. The van der Waals surface area contributed by atoms with Crippen LogP contribution >= 0.6 is 0 Å². The maximum Gasteiger partial charge on any atom is 0.323 e. The largest absolute Gasteiger partial charge is 0.481 e. The summed E-state index contributed by atoms with van der Waals surface area (Å²) in [6.07, 6.45) is 1.95. The Bertz CT molecular complexity index is 1160. The number of rotatable bonds is 7. The molecule has 0 spiro atoms. The number of fused-ring (bicyclic) bond motifs is 5. The van der Waals surface area contributed by atoms with Gasteiger partial charge in [0.25, 0.3) is 0 Å². The molecule has 0 radical (unpaired) electrons. The van der Waals surface area contributed by atoms with Crippen LogP contribution in [-0.2, 0) is 30.3 Å². The molecule has 2 fully saturated rings. The van der Waals surface area contributed by atoms with Crippen LogP contribution in [0.2, 0.25) is 0 Å². The molecule has 2 saturated heterocycles. The molecule has 3 aliphatic heterocycles. The standard InChI is InChI=1S/C24H28N4O6/c1-34-24(33)16(12-20(29)30)25-9-8-17-21-14(13-5-2-3-6-15(13)26-21)11-19-22(31)27-10-4-7-18(27)23(32)28(17)19/h2-3,5-6,16-19,25-26H,4,7-12H2,1H3,(H,29,30)/t16-,17-,18+,19+/m1/s1. The molecule has 2 amide bonds. The van der Waals surface area contributed by atoms with Gasteiger partial charge in [-0.1, -0.05) is 18.2 Å². The maximum atomic E-state index is 13.6. The van der Waals surface area contributed by atoms with E-state index < -0.39 is 42.5 Å². The van der Waals surface area contributed by atoms with Crippen LogP contribution in [0.15, 0.2) is 24.3 Å². The van der Waals surface area contributed by atoms with Crippen molar-refractivity contribution >= 4 is 34.7 Å². The van der Waals surface area contributed by atoms with E-state index in [1.54, 1.807) is 9.80 Å². The van der Waals surface area contributed by atoms with E-state index in [0.717, 1.165) is 28.6 Å². The Kier molecular flexibility index (Phi) is 5.76. The van der Waals surface area contributed by atoms with Crippen LogP contribution in [0, 0.1) is 0 Å². The zero-order valence-electron chi connectivity index (χ0n) is 19.0. The van der Waals surface area contributed by atoms with Crippen molar-refractivity contribution in [3.63, 3.8) is 0 Å². The number of carboxylic acids is 1. The zero-order valence-corrected chi connectivity index (χ0v) is 19.0. The van der Waals surface area contributed by atoms with E-state index in [4.69, 9.17) is 9.84 Å². The van der Waals surface area contributed by atoms with Crippen molar-refractivity contribution in [2.24, 2.45) is 0 Å². The van der Waals surface area contributed by atoms with Crippen molar-refractivity contribution < 1.29 is 29.0 Å². The lowest BCUT2D eigenvalue weighted by Crippen LogP contribution is -2.65. The number of H-pyrrole nitrogens is 1. The summed E-state index contributed by atoms with van der Waals surface area (Å²) in [4.78, 5) is 57.1. The SMILES string of the molecule is COC(=O)[C@@H](CC(=O)O)NCC[C@@H]1c2[nH]c3ccccc3c2C[C@H]2C(=O)N3CCC[C@H]3C(=O)N12. The fraction of sp³-hybridized carbons (Fsp3) is 0.500. The molecule has 0 aliphatic carbocycles. The van der Waals surface area contributed by atoms with Gasteiger partial charge in [0, 0.05) is 29.6 Å². The van der Waals surface area contributed by atoms with Gasteiger partial charge in [-0.25, -0.2) is 0 Å². The number of amides is 2. The lowest BCUT2D eigenvalue weighted by atomic mass is 9.86. The molecule has 10 nitrogen and oxygen atoms in total. The third-order valence-corrected chi connectivity index (χ3v) is 7.28. The molecule has 3 aliphatic rings. The number of nitrogens with one attached hydrogen (secondary N) is 2. The Balaban J connectivity index is 1.47. The number of piperazine rings is 1. The van der Waals surface area contributed by atoms with Gasteiger partial charge >= 0.3 is 11.9 Å². The second-order valence-corrected chi connectivity index (χ2v) is 9.15. The number of para-hydroxylation sites is 1. The molecule has 1 aromatic carbocycles. The predicted octanol–water partition coefficient (Wildman–Crippen LogP) is 0.963. The molecule has 4 atom stereocenters. The van der Waals surface area contributed by atoms with E-state index in [9.17, 15) is 19.2 Å². The first-order valence-electron chi connectivity index (χ1n) is 11.7. The summed E-state index contributed by atoms with van der Waals surface area (Å²) in [5.41, 5.74) is 2.89. The second kappa shape index (κ2) is 8.75. The lowest BCUT2D eigenvalue weighted by Gasteiger charge is -2.48. The van der Waals surface area contributed by atoms with E-state index in [-0.39, 0.29) is 18.4 Å². The van der Waals surface area contributed by atoms with Crippen molar-refractivity contribution in [1.29, 1.82) is 0 Å². The fourth-order valence-electron chi connectivity index (χ4n) is 5.77. The molecule has 0 unspecified atom stereocenters. The van der Waals surface area contributed by atoms with Crippen molar-refractivity contribution in [1.82, 2.24) is 20.1 Å². The van der Waals surface area contributed by atoms with Gasteiger partial charge in [0.1, 0.15) is 18.1 Å². The number of ether oxygens (including phenoxy) is 1. The first-order chi connectivity index (χ1) is 16.4. The first kappa shape index (κ1) is 22.4. The molecular weight excluding hydrogens is 440 g/mol. The van der Waals surface area contributed by atoms with Crippen LogP contribution in [0.4, 0.5) is 0 Å². The van der Waals surface area contributed by atoms with E-state index in [0.29, 0.717) is 25.8 Å². The minimum Gasteiger partial charge on any atom is -0.481 e. The molecule has 0 bridgehead atoms. The number of aromatic amines is 1. The van der Waals surface area contributed by atoms with Crippen LogP contribution < -0.4 is 5.32 Å². The number of hydrogen-bond donors (Lipinski definition) is 3. The molecule has 4 heterocycles. The summed E-state index contributed by atoms with van der Waals surface area (Å²) < 4.78 is 4.73. The van der Waals surface area contributed by atoms with Gasteiger partial charge in [-0.3, -0.25) is 19.2 Å². The number of carbonyl (C=O) groups is 4. The third kappa shape index (κ3) is 3.62. The molecule has 34 heavy (non-hydrogen) atoms. The van der Waals surface area contributed by atoms with E-state index in [1.807, 2.05) is 24.3 Å². The fourth-order valence-corrected chi connectivity index (χ4v) is 5.77. The molecule has 5 rings (SSSR count). The summed E-state index contributed by atoms with van der Waals surface area (Å²) in [5.74, 6) is -1.81. The molecule has 3 N–H and O–H groups in total. The average molecular weight is 469 g/mol. The molecule has 1 aromatic heterocycles. The second-order valence-electron chi connectivity index (χ2n) is 9.15. The zero-order chi connectivity index (χ0) is 24.0. The number of aromatic nitrogens is 1. The number of aliphatic carboxylic acids is 1. The van der Waals surface area contributed by atoms with Crippen molar-refractivity contribution in [3.05, 3.63) is 35.5 Å². The van der Waals surface area contributed by atoms with Gasteiger partial charge in [0.05, 0.1) is 19.6 Å². The quantitative estimate of drug-likeness (QED) is 0.516. The Hall–Kier alpha value is -3.40. The van der Waals surface area contributed by atoms with Crippen LogP contribution in [0.5, 0.6) is 0 Å². The van der Waals surface area contributed by atoms with E-state index in [1.165, 1.54) is 7.11 Å². The highest BCUT2D eigenvalue weighted by Crippen LogP contribution is 2.43. The minimum absolute atomic E-state index is 0.00527. The molecular formula is C24H28N4O6. The van der Waals surface area contributed by atoms with E-state index >= 15 is 0 Å². The number of carboxylic acid groups (broad SMARTS) is 1. The Morgan fingerprint density at radius 2 is 2.03 bits per heavy atom. The van der Waals surface area contributed by atoms with Crippen molar-refractivity contribution in [3.8, 4) is 0 Å². The van der Waals surface area contributed by atoms with Crippen LogP contribution in [0.1, 0.15) is 43.0 Å². The van der Waals surface area contributed by atoms with Gasteiger partial charge in [-0.05, 0) is 37.4 Å². The number of methoxy groups -OCH3 is 1. The molecule has 10 heteroatoms. The van der Waals surface area contributed by atoms with Gasteiger partial charge in [0.2, 0.25) is 11.8 Å². The summed E-state index contributed by atoms with van der Waals surface area (Å²) in [6, 6.07) is 5.52. The highest BCUT2D eigenvalue weighted by atomic mass is 16.5. The predicted molar refractivity (Wildman–Crippen MR) is 121 cm³/mol. The summed E-state index contributed by atoms with van der Waals surface area (Å²) in [7, 11) is 1.21. The number of hydrogen-bond acceptors (Lipinski definition) is 6.